The lowest BCUT2D eigenvalue weighted by atomic mass is 10.0. The van der Waals surface area contributed by atoms with Crippen LogP contribution in [0.15, 0.2) is 34.9 Å². The van der Waals surface area contributed by atoms with E-state index in [-0.39, 0.29) is 16.8 Å². The molecule has 1 aliphatic rings. The van der Waals surface area contributed by atoms with Crippen molar-refractivity contribution in [1.29, 1.82) is 0 Å². The molecule has 0 N–H and O–H groups in total. The Kier molecular flexibility index (Phi) is 5.77. The molecule has 0 amide bonds. The van der Waals surface area contributed by atoms with E-state index >= 15 is 0 Å². The molecule has 0 saturated heterocycles. The van der Waals surface area contributed by atoms with Crippen molar-refractivity contribution >= 4 is 35.9 Å². The summed E-state index contributed by atoms with van der Waals surface area (Å²) in [6.07, 6.45) is 5.39. The molecule has 0 radical (unpaired) electrons. The third-order valence-corrected chi connectivity index (χ3v) is 5.31. The molecule has 0 aliphatic heterocycles. The second kappa shape index (κ2) is 7.41. The zero-order valence-electron chi connectivity index (χ0n) is 13.3. The Balaban J connectivity index is 2.40. The molecule has 1 saturated carbocycles. The van der Waals surface area contributed by atoms with Crippen molar-refractivity contribution in [3.63, 3.8) is 0 Å². The minimum absolute atomic E-state index is 0.0748. The molecule has 124 valence electrons. The summed E-state index contributed by atoms with van der Waals surface area (Å²) in [7, 11) is 0.105. The molecule has 23 heavy (non-hydrogen) atoms. The fraction of sp³-hybridized carbons (Fsp3) is 0.412. The summed E-state index contributed by atoms with van der Waals surface area (Å²) >= 11 is 0. The van der Waals surface area contributed by atoms with Crippen molar-refractivity contribution in [3.05, 3.63) is 35.6 Å². The molecule has 0 bridgehead atoms. The fourth-order valence-electron chi connectivity index (χ4n) is 2.67. The number of sulfone groups is 1. The van der Waals surface area contributed by atoms with Gasteiger partial charge in [0.2, 0.25) is 0 Å². The number of allylic oxidation sites excluding steroid dienone is 2. The molecule has 6 heteroatoms. The second-order valence-electron chi connectivity index (χ2n) is 5.76. The zero-order chi connectivity index (χ0) is 17.0. The van der Waals surface area contributed by atoms with Gasteiger partial charge in [-0.25, -0.2) is 8.42 Å². The van der Waals surface area contributed by atoms with Gasteiger partial charge in [0.25, 0.3) is 0 Å². The number of carbonyl (C=O) groups excluding carboxylic acids is 1. The molecule has 0 unspecified atom stereocenters. The average Bonchev–Trinajstić information content (AvgIpc) is 2.99. The number of ketones is 1. The summed E-state index contributed by atoms with van der Waals surface area (Å²) < 4.78 is 29.0. The standard InChI is InChI=1S/C17H21O4PS/c1-12(18)17(21-14-5-3-4-6-14)16(11-22)13-7-9-15(10-8-13)23(2,19)20/h7-11,14,22H,3-6H2,1-2H3/b17-16-. The van der Waals surface area contributed by atoms with E-state index in [9.17, 15) is 13.2 Å². The smallest absolute Gasteiger partial charge is 0.194 e. The Morgan fingerprint density at radius 1 is 1.22 bits per heavy atom. The van der Waals surface area contributed by atoms with Crippen LogP contribution >= 0.6 is 8.86 Å². The third kappa shape index (κ3) is 4.52. The molecule has 0 atom stereocenters. The summed E-state index contributed by atoms with van der Waals surface area (Å²) in [5.41, 5.74) is 1.36. The van der Waals surface area contributed by atoms with Crippen molar-refractivity contribution in [3.8, 4) is 0 Å². The summed E-state index contributed by atoms with van der Waals surface area (Å²) in [6.45, 7) is 1.48. The first kappa shape index (κ1) is 17.9. The molecule has 1 aromatic carbocycles. The molecular formula is C17H21O4PS. The Bertz CT molecular complexity index is 726. The first-order valence-corrected chi connectivity index (χ1v) is 10.0. The van der Waals surface area contributed by atoms with E-state index in [0.717, 1.165) is 31.2 Å². The number of ether oxygens (including phenoxy) is 1. The molecule has 4 nitrogen and oxygen atoms in total. The third-order valence-electron chi connectivity index (χ3n) is 3.89. The van der Waals surface area contributed by atoms with Gasteiger partial charge in [0.15, 0.2) is 21.4 Å². The summed E-state index contributed by atoms with van der Waals surface area (Å²) in [5, 5.41) is 0. The largest absolute Gasteiger partial charge is 0.486 e. The van der Waals surface area contributed by atoms with Crippen LogP contribution in [-0.4, -0.2) is 32.4 Å². The van der Waals surface area contributed by atoms with Gasteiger partial charge in [-0.1, -0.05) is 12.1 Å². The van der Waals surface area contributed by atoms with Gasteiger partial charge >= 0.3 is 0 Å². The number of Topliss-reactive ketones (excluding diaryl/α,β-unsaturated/α-hetero) is 1. The predicted octanol–water partition coefficient (Wildman–Crippen LogP) is 3.29. The maximum atomic E-state index is 12.0. The van der Waals surface area contributed by atoms with Gasteiger partial charge in [0, 0.05) is 18.8 Å². The maximum Gasteiger partial charge on any atom is 0.194 e. The summed E-state index contributed by atoms with van der Waals surface area (Å²) in [6, 6.07) is 6.44. The first-order valence-electron chi connectivity index (χ1n) is 7.55. The van der Waals surface area contributed by atoms with Crippen molar-refractivity contribution in [2.45, 2.75) is 43.6 Å². The van der Waals surface area contributed by atoms with E-state index in [2.05, 4.69) is 8.86 Å². The molecule has 1 aromatic rings. The van der Waals surface area contributed by atoms with Crippen molar-refractivity contribution in [1.82, 2.24) is 0 Å². The molecule has 0 heterocycles. The minimum Gasteiger partial charge on any atom is -0.486 e. The summed E-state index contributed by atoms with van der Waals surface area (Å²) in [5.74, 6) is 1.81. The average molecular weight is 352 g/mol. The van der Waals surface area contributed by atoms with Crippen LogP contribution in [0.3, 0.4) is 0 Å². The maximum absolute atomic E-state index is 12.0. The second-order valence-corrected chi connectivity index (χ2v) is 8.07. The number of rotatable bonds is 6. The number of benzene rings is 1. The van der Waals surface area contributed by atoms with E-state index in [0.29, 0.717) is 11.3 Å². The predicted molar refractivity (Wildman–Crippen MR) is 94.9 cm³/mol. The highest BCUT2D eigenvalue weighted by molar-refractivity contribution is 7.90. The lowest BCUT2D eigenvalue weighted by Crippen LogP contribution is -2.14. The first-order chi connectivity index (χ1) is 10.8. The molecule has 2 rings (SSSR count). The van der Waals surface area contributed by atoms with Gasteiger partial charge in [0.05, 0.1) is 11.0 Å². The van der Waals surface area contributed by atoms with Crippen LogP contribution in [0.4, 0.5) is 0 Å². The number of carbonyl (C=O) groups is 1. The van der Waals surface area contributed by atoms with Crippen LogP contribution in [0, 0.1) is 0 Å². The number of hydrogen-bond acceptors (Lipinski definition) is 4. The van der Waals surface area contributed by atoms with Crippen LogP contribution in [0.2, 0.25) is 0 Å². The van der Waals surface area contributed by atoms with Gasteiger partial charge in [-0.15, -0.1) is 8.86 Å². The Morgan fingerprint density at radius 3 is 2.22 bits per heavy atom. The Morgan fingerprint density at radius 2 is 1.78 bits per heavy atom. The highest BCUT2D eigenvalue weighted by Gasteiger charge is 2.22. The Labute approximate surface area is 139 Å². The molecule has 0 spiro atoms. The van der Waals surface area contributed by atoms with E-state index in [1.165, 1.54) is 25.3 Å². The van der Waals surface area contributed by atoms with Gasteiger partial charge in [-0.3, -0.25) is 4.79 Å². The van der Waals surface area contributed by atoms with Gasteiger partial charge in [0.1, 0.15) is 0 Å². The van der Waals surface area contributed by atoms with Gasteiger partial charge in [-0.2, -0.15) is 0 Å². The van der Waals surface area contributed by atoms with Crippen molar-refractivity contribution in [2.24, 2.45) is 0 Å². The lowest BCUT2D eigenvalue weighted by Gasteiger charge is -2.17. The highest BCUT2D eigenvalue weighted by atomic mass is 32.2. The van der Waals surface area contributed by atoms with E-state index in [1.54, 1.807) is 17.9 Å². The van der Waals surface area contributed by atoms with E-state index < -0.39 is 9.84 Å². The lowest BCUT2D eigenvalue weighted by molar-refractivity contribution is -0.117. The van der Waals surface area contributed by atoms with Crippen molar-refractivity contribution in [2.75, 3.05) is 6.26 Å². The molecule has 1 aliphatic carbocycles. The van der Waals surface area contributed by atoms with Crippen LogP contribution < -0.4 is 0 Å². The monoisotopic (exact) mass is 352 g/mol. The van der Waals surface area contributed by atoms with Crippen LogP contribution in [0.1, 0.15) is 38.2 Å². The SMILES string of the molecule is CC(=O)/C(OC1CCCC1)=C(\C=P)c1ccc(S(C)(=O)=O)cc1. The number of hydrogen-bond donors (Lipinski definition) is 0. The van der Waals surface area contributed by atoms with Crippen molar-refractivity contribution < 1.29 is 17.9 Å². The molecular weight excluding hydrogens is 331 g/mol. The van der Waals surface area contributed by atoms with Crippen LogP contribution in [-0.2, 0) is 19.4 Å². The summed E-state index contributed by atoms with van der Waals surface area (Å²) in [4.78, 5) is 12.3. The van der Waals surface area contributed by atoms with E-state index in [1.807, 2.05) is 0 Å². The zero-order valence-corrected chi connectivity index (χ0v) is 15.2. The fourth-order valence-corrected chi connectivity index (χ4v) is 3.60. The Hall–Kier alpha value is -1.45. The molecule has 0 aromatic heterocycles. The highest BCUT2D eigenvalue weighted by Crippen LogP contribution is 2.27. The van der Waals surface area contributed by atoms with Gasteiger partial charge < -0.3 is 4.74 Å². The normalized spacial score (nSPS) is 16.8. The van der Waals surface area contributed by atoms with E-state index in [4.69, 9.17) is 4.74 Å². The topological polar surface area (TPSA) is 60.4 Å². The quantitative estimate of drug-likeness (QED) is 0.448. The van der Waals surface area contributed by atoms with Gasteiger partial charge in [-0.05, 0) is 49.2 Å². The minimum atomic E-state index is -3.24. The van der Waals surface area contributed by atoms with Crippen LogP contribution in [0.25, 0.3) is 5.57 Å². The van der Waals surface area contributed by atoms with Crippen LogP contribution in [0.5, 0.6) is 0 Å². The molecule has 1 fully saturated rings.